The number of hydrogen-bond donors (Lipinski definition) is 2. The zero-order valence-corrected chi connectivity index (χ0v) is 12.6. The van der Waals surface area contributed by atoms with Gasteiger partial charge in [0.05, 0.1) is 19.9 Å². The van der Waals surface area contributed by atoms with Crippen molar-refractivity contribution in [3.8, 4) is 11.5 Å². The topological polar surface area (TPSA) is 63.3 Å². The van der Waals surface area contributed by atoms with Crippen molar-refractivity contribution >= 4 is 22.5 Å². The number of carbonyl (C=O) groups excluding carboxylic acids is 1. The number of hydrogen-bond acceptors (Lipinski definition) is 3. The molecule has 0 aliphatic heterocycles. The number of carbonyl (C=O) groups is 1. The second-order valence-electron chi connectivity index (χ2n) is 4.91. The Balaban J connectivity index is 1.90. The van der Waals surface area contributed by atoms with E-state index in [2.05, 4.69) is 10.3 Å². The highest BCUT2D eigenvalue weighted by Gasteiger charge is 2.15. The summed E-state index contributed by atoms with van der Waals surface area (Å²) in [7, 11) is 2.86. The van der Waals surface area contributed by atoms with Crippen LogP contribution in [0, 0.1) is 5.82 Å². The van der Waals surface area contributed by atoms with E-state index in [1.807, 2.05) is 24.3 Å². The molecule has 118 valence electrons. The molecule has 0 saturated carbocycles. The molecule has 1 aromatic heterocycles. The van der Waals surface area contributed by atoms with Gasteiger partial charge >= 0.3 is 0 Å². The van der Waals surface area contributed by atoms with Crippen molar-refractivity contribution in [2.24, 2.45) is 0 Å². The molecule has 0 fully saturated rings. The fourth-order valence-corrected chi connectivity index (χ4v) is 2.34. The minimum atomic E-state index is -0.605. The molecule has 6 heteroatoms. The molecule has 0 spiro atoms. The number of fused-ring (bicyclic) bond motifs is 1. The molecule has 0 aliphatic carbocycles. The summed E-state index contributed by atoms with van der Waals surface area (Å²) < 4.78 is 24.2. The summed E-state index contributed by atoms with van der Waals surface area (Å²) in [6.45, 7) is 0. The van der Waals surface area contributed by atoms with Crippen LogP contribution in [0.4, 0.5) is 10.1 Å². The van der Waals surface area contributed by atoms with Crippen LogP contribution < -0.4 is 14.8 Å². The van der Waals surface area contributed by atoms with E-state index in [1.165, 1.54) is 26.4 Å². The normalized spacial score (nSPS) is 10.6. The van der Waals surface area contributed by atoms with E-state index < -0.39 is 11.7 Å². The van der Waals surface area contributed by atoms with Gasteiger partial charge in [0, 0.05) is 23.0 Å². The van der Waals surface area contributed by atoms with Gasteiger partial charge in [-0.2, -0.15) is 0 Å². The van der Waals surface area contributed by atoms with Crippen molar-refractivity contribution in [3.63, 3.8) is 0 Å². The smallest absolute Gasteiger partial charge is 0.272 e. The Morgan fingerprint density at radius 3 is 2.48 bits per heavy atom. The van der Waals surface area contributed by atoms with Crippen molar-refractivity contribution in [1.82, 2.24) is 4.98 Å². The van der Waals surface area contributed by atoms with Crippen LogP contribution in [-0.4, -0.2) is 25.1 Å². The van der Waals surface area contributed by atoms with Crippen LogP contribution in [0.25, 0.3) is 10.9 Å². The number of para-hydroxylation sites is 1. The van der Waals surface area contributed by atoms with Crippen LogP contribution >= 0.6 is 0 Å². The monoisotopic (exact) mass is 314 g/mol. The molecule has 1 heterocycles. The van der Waals surface area contributed by atoms with Crippen LogP contribution in [0.3, 0.4) is 0 Å². The van der Waals surface area contributed by atoms with Gasteiger partial charge in [0.15, 0.2) is 17.3 Å². The Kier molecular flexibility index (Phi) is 3.89. The number of amides is 1. The number of rotatable bonds is 4. The lowest BCUT2D eigenvalue weighted by Crippen LogP contribution is -2.13. The zero-order valence-electron chi connectivity index (χ0n) is 12.6. The fourth-order valence-electron chi connectivity index (χ4n) is 2.34. The summed E-state index contributed by atoms with van der Waals surface area (Å²) in [6, 6.07) is 11.8. The van der Waals surface area contributed by atoms with Crippen LogP contribution in [0.2, 0.25) is 0 Å². The predicted molar refractivity (Wildman–Crippen MR) is 85.8 cm³/mol. The second kappa shape index (κ2) is 6.00. The molecule has 0 aliphatic rings. The van der Waals surface area contributed by atoms with Crippen LogP contribution in [-0.2, 0) is 0 Å². The molecular weight excluding hydrogens is 299 g/mol. The minimum Gasteiger partial charge on any atom is -0.493 e. The van der Waals surface area contributed by atoms with Gasteiger partial charge in [-0.05, 0) is 12.1 Å². The van der Waals surface area contributed by atoms with Crippen LogP contribution in [0.5, 0.6) is 11.5 Å². The quantitative estimate of drug-likeness (QED) is 0.774. The number of methoxy groups -OCH3 is 2. The molecule has 5 nitrogen and oxygen atoms in total. The third-order valence-corrected chi connectivity index (χ3v) is 3.50. The number of benzene rings is 2. The van der Waals surface area contributed by atoms with Crippen LogP contribution in [0.15, 0.2) is 42.5 Å². The Bertz CT molecular complexity index is 840. The lowest BCUT2D eigenvalue weighted by atomic mass is 10.2. The summed E-state index contributed by atoms with van der Waals surface area (Å²) in [6.07, 6.45) is 0. The zero-order chi connectivity index (χ0) is 16.4. The Labute approximate surface area is 132 Å². The summed E-state index contributed by atoms with van der Waals surface area (Å²) >= 11 is 0. The van der Waals surface area contributed by atoms with Gasteiger partial charge in [-0.25, -0.2) is 4.39 Å². The van der Waals surface area contributed by atoms with E-state index in [4.69, 9.17) is 9.47 Å². The molecule has 3 aromatic rings. The molecule has 0 saturated heterocycles. The van der Waals surface area contributed by atoms with Crippen molar-refractivity contribution in [1.29, 1.82) is 0 Å². The lowest BCUT2D eigenvalue weighted by Gasteiger charge is -2.11. The second-order valence-corrected chi connectivity index (χ2v) is 4.91. The van der Waals surface area contributed by atoms with Gasteiger partial charge in [0.1, 0.15) is 5.69 Å². The van der Waals surface area contributed by atoms with Crippen molar-refractivity contribution in [2.45, 2.75) is 0 Å². The number of H-pyrrole nitrogens is 1. The molecule has 2 aromatic carbocycles. The van der Waals surface area contributed by atoms with E-state index in [-0.39, 0.29) is 11.4 Å². The average molecular weight is 314 g/mol. The highest BCUT2D eigenvalue weighted by molar-refractivity contribution is 6.06. The molecule has 0 atom stereocenters. The van der Waals surface area contributed by atoms with Gasteiger partial charge < -0.3 is 19.8 Å². The molecule has 0 unspecified atom stereocenters. The highest BCUT2D eigenvalue weighted by atomic mass is 19.1. The number of aromatic nitrogens is 1. The van der Waals surface area contributed by atoms with Crippen molar-refractivity contribution in [2.75, 3.05) is 19.5 Å². The van der Waals surface area contributed by atoms with E-state index in [0.29, 0.717) is 11.4 Å². The molecule has 23 heavy (non-hydrogen) atoms. The summed E-state index contributed by atoms with van der Waals surface area (Å²) in [5, 5.41) is 3.44. The first kappa shape index (κ1) is 14.9. The predicted octanol–water partition coefficient (Wildman–Crippen LogP) is 3.58. The maximum absolute atomic E-state index is 14.1. The van der Waals surface area contributed by atoms with E-state index in [0.717, 1.165) is 10.9 Å². The number of ether oxygens (including phenoxy) is 2. The van der Waals surface area contributed by atoms with Crippen molar-refractivity contribution in [3.05, 3.63) is 54.0 Å². The molecule has 1 amide bonds. The Morgan fingerprint density at radius 1 is 1.09 bits per heavy atom. The summed E-state index contributed by atoms with van der Waals surface area (Å²) in [5.41, 5.74) is 1.21. The molecule has 0 radical (unpaired) electrons. The Morgan fingerprint density at radius 2 is 1.78 bits per heavy atom. The number of nitrogens with one attached hydrogen (secondary N) is 2. The summed E-state index contributed by atoms with van der Waals surface area (Å²) in [4.78, 5) is 15.3. The van der Waals surface area contributed by atoms with Gasteiger partial charge in [-0.15, -0.1) is 0 Å². The van der Waals surface area contributed by atoms with E-state index in [1.54, 1.807) is 6.07 Å². The highest BCUT2D eigenvalue weighted by Crippen LogP contribution is 2.32. The first-order valence-corrected chi connectivity index (χ1v) is 6.93. The van der Waals surface area contributed by atoms with Crippen molar-refractivity contribution < 1.29 is 18.7 Å². The van der Waals surface area contributed by atoms with E-state index in [9.17, 15) is 9.18 Å². The van der Waals surface area contributed by atoms with Gasteiger partial charge in [-0.1, -0.05) is 18.2 Å². The van der Waals surface area contributed by atoms with Gasteiger partial charge in [-0.3, -0.25) is 4.79 Å². The molecule has 0 bridgehead atoms. The maximum Gasteiger partial charge on any atom is 0.272 e. The van der Waals surface area contributed by atoms with Crippen LogP contribution in [0.1, 0.15) is 10.5 Å². The summed E-state index contributed by atoms with van der Waals surface area (Å²) in [5.74, 6) is -0.450. The number of anilines is 1. The third-order valence-electron chi connectivity index (χ3n) is 3.50. The average Bonchev–Trinajstić information content (AvgIpc) is 3.00. The molecule has 2 N–H and O–H groups in total. The fraction of sp³-hybridized carbons (Fsp3) is 0.118. The third kappa shape index (κ3) is 2.83. The maximum atomic E-state index is 14.1. The number of halogens is 1. The number of aromatic amines is 1. The first-order valence-electron chi connectivity index (χ1n) is 6.93. The Hall–Kier alpha value is -3.02. The molecular formula is C17H15FN2O3. The van der Waals surface area contributed by atoms with Gasteiger partial charge in [0.25, 0.3) is 5.91 Å². The van der Waals surface area contributed by atoms with Gasteiger partial charge in [0.2, 0.25) is 0 Å². The largest absolute Gasteiger partial charge is 0.493 e. The first-order chi connectivity index (χ1) is 11.1. The lowest BCUT2D eigenvalue weighted by molar-refractivity contribution is 0.102. The van der Waals surface area contributed by atoms with E-state index >= 15 is 0 Å². The standard InChI is InChI=1S/C17H15FN2O3/c1-22-15-8-11(18)13(9-16(15)23-2)20-17(21)14-7-10-5-3-4-6-12(10)19-14/h3-9,19H,1-2H3,(H,20,21). The molecule has 3 rings (SSSR count). The minimum absolute atomic E-state index is 0.0197. The SMILES string of the molecule is COc1cc(F)c(NC(=O)c2cc3ccccc3[nH]2)cc1OC.